The summed E-state index contributed by atoms with van der Waals surface area (Å²) < 4.78 is 0. The minimum Gasteiger partial charge on any atom is -0.396 e. The number of halogens is 2. The topological polar surface area (TPSA) is 40.5 Å². The second kappa shape index (κ2) is 6.71. The smallest absolute Gasteiger partial charge is 0.137 e. The molecule has 1 aromatic carbocycles. The van der Waals surface area contributed by atoms with Crippen molar-refractivity contribution in [3.8, 4) is 0 Å². The monoisotopic (exact) mass is 301 g/mol. The van der Waals surface area contributed by atoms with Gasteiger partial charge in [0.15, 0.2) is 0 Å². The van der Waals surface area contributed by atoms with E-state index in [1.165, 1.54) is 0 Å². The molecule has 104 valence electrons. The lowest BCUT2D eigenvalue weighted by atomic mass is 9.92. The molecule has 1 aliphatic rings. The third-order valence-electron chi connectivity index (χ3n) is 3.59. The maximum Gasteiger partial charge on any atom is 0.137 e. The number of aliphatic hydroxyl groups is 1. The number of piperidine rings is 1. The van der Waals surface area contributed by atoms with Crippen molar-refractivity contribution >= 4 is 29.5 Å². The van der Waals surface area contributed by atoms with Crippen LogP contribution in [0.25, 0.3) is 0 Å². The molecule has 1 saturated heterocycles. The van der Waals surface area contributed by atoms with Gasteiger partial charge >= 0.3 is 0 Å². The summed E-state index contributed by atoms with van der Waals surface area (Å²) in [6, 6.07) is 5.30. The van der Waals surface area contributed by atoms with E-state index in [9.17, 15) is 9.90 Å². The Morgan fingerprint density at radius 3 is 2.58 bits per heavy atom. The van der Waals surface area contributed by atoms with Gasteiger partial charge in [-0.25, -0.2) is 0 Å². The number of aldehydes is 1. The van der Waals surface area contributed by atoms with E-state index in [4.69, 9.17) is 23.2 Å². The van der Waals surface area contributed by atoms with E-state index in [-0.39, 0.29) is 18.6 Å². The highest BCUT2D eigenvalue weighted by atomic mass is 35.5. The molecule has 2 rings (SSSR count). The second-order valence-corrected chi connectivity index (χ2v) is 5.90. The van der Waals surface area contributed by atoms with E-state index >= 15 is 0 Å². The number of carbonyl (C=O) groups excluding carboxylic acids is 1. The van der Waals surface area contributed by atoms with E-state index in [1.807, 2.05) is 12.1 Å². The van der Waals surface area contributed by atoms with Crippen molar-refractivity contribution in [1.29, 1.82) is 0 Å². The van der Waals surface area contributed by atoms with Crippen molar-refractivity contribution < 1.29 is 9.90 Å². The van der Waals surface area contributed by atoms with Gasteiger partial charge in [-0.15, -0.1) is 0 Å². The first-order valence-electron chi connectivity index (χ1n) is 6.37. The summed E-state index contributed by atoms with van der Waals surface area (Å²) >= 11 is 12.0. The van der Waals surface area contributed by atoms with Gasteiger partial charge in [0.25, 0.3) is 0 Å². The summed E-state index contributed by atoms with van der Waals surface area (Å²) in [5.41, 5.74) is 1.01. The summed E-state index contributed by atoms with van der Waals surface area (Å²) in [5, 5.41) is 10.4. The molecule has 1 aromatic rings. The molecule has 1 aliphatic heterocycles. The molecule has 0 bridgehead atoms. The van der Waals surface area contributed by atoms with Crippen molar-refractivity contribution in [2.45, 2.75) is 25.4 Å². The molecule has 19 heavy (non-hydrogen) atoms. The maximum absolute atomic E-state index is 11.2. The molecule has 0 aromatic heterocycles. The Balaban J connectivity index is 2.07. The summed E-state index contributed by atoms with van der Waals surface area (Å²) in [7, 11) is 0. The molecule has 0 radical (unpaired) electrons. The molecule has 0 amide bonds. The summed E-state index contributed by atoms with van der Waals surface area (Å²) in [5.74, 6) is 0.231. The van der Waals surface area contributed by atoms with Gasteiger partial charge in [0, 0.05) is 23.2 Å². The summed E-state index contributed by atoms with van der Waals surface area (Å²) in [4.78, 5) is 13.3. The standard InChI is InChI=1S/C14H17Cl2NO2/c15-12-3-11(4-13(16)6-12)7-17-2-1-10(8-18)5-14(17)9-19/h3-4,6,9-10,14,18H,1-2,5,7-8H2. The summed E-state index contributed by atoms with van der Waals surface area (Å²) in [6.07, 6.45) is 2.59. The molecule has 2 atom stereocenters. The fourth-order valence-electron chi connectivity index (χ4n) is 2.56. The van der Waals surface area contributed by atoms with Crippen LogP contribution in [0.3, 0.4) is 0 Å². The van der Waals surface area contributed by atoms with Crippen LogP contribution in [0.1, 0.15) is 18.4 Å². The average molecular weight is 302 g/mol. The van der Waals surface area contributed by atoms with Gasteiger partial charge in [-0.3, -0.25) is 4.90 Å². The Kier molecular flexibility index (Phi) is 5.22. The van der Waals surface area contributed by atoms with Gasteiger partial charge < -0.3 is 9.90 Å². The quantitative estimate of drug-likeness (QED) is 0.870. The van der Waals surface area contributed by atoms with E-state index < -0.39 is 0 Å². The van der Waals surface area contributed by atoms with Crippen LogP contribution >= 0.6 is 23.2 Å². The molecule has 0 saturated carbocycles. The van der Waals surface area contributed by atoms with Crippen LogP contribution in [0.2, 0.25) is 10.0 Å². The Morgan fingerprint density at radius 2 is 2.00 bits per heavy atom. The number of likely N-dealkylation sites (tertiary alicyclic amines) is 1. The minimum atomic E-state index is -0.136. The van der Waals surface area contributed by atoms with Gasteiger partial charge in [0.1, 0.15) is 6.29 Å². The SMILES string of the molecule is O=CC1CC(CO)CCN1Cc1cc(Cl)cc(Cl)c1. The largest absolute Gasteiger partial charge is 0.396 e. The van der Waals surface area contributed by atoms with E-state index in [0.29, 0.717) is 23.0 Å². The van der Waals surface area contributed by atoms with Crippen LogP contribution < -0.4 is 0 Å². The van der Waals surface area contributed by atoms with Crippen LogP contribution in [0.5, 0.6) is 0 Å². The molecule has 3 nitrogen and oxygen atoms in total. The first kappa shape index (κ1) is 14.8. The lowest BCUT2D eigenvalue weighted by Gasteiger charge is -2.36. The van der Waals surface area contributed by atoms with Crippen LogP contribution in [0, 0.1) is 5.92 Å². The first-order valence-corrected chi connectivity index (χ1v) is 7.13. The van der Waals surface area contributed by atoms with Crippen LogP contribution in [0.4, 0.5) is 0 Å². The average Bonchev–Trinajstić information content (AvgIpc) is 2.38. The van der Waals surface area contributed by atoms with Crippen LogP contribution in [-0.2, 0) is 11.3 Å². The van der Waals surface area contributed by atoms with Crippen molar-refractivity contribution in [3.63, 3.8) is 0 Å². The van der Waals surface area contributed by atoms with Crippen molar-refractivity contribution in [2.75, 3.05) is 13.2 Å². The predicted molar refractivity (Wildman–Crippen MR) is 76.5 cm³/mol. The molecular weight excluding hydrogens is 285 g/mol. The number of nitrogens with zero attached hydrogens (tertiary/aromatic N) is 1. The van der Waals surface area contributed by atoms with Gasteiger partial charge in [0.05, 0.1) is 6.04 Å². The van der Waals surface area contributed by atoms with E-state index in [1.54, 1.807) is 6.07 Å². The Bertz CT molecular complexity index is 433. The van der Waals surface area contributed by atoms with Crippen molar-refractivity contribution in [3.05, 3.63) is 33.8 Å². The highest BCUT2D eigenvalue weighted by molar-refractivity contribution is 6.34. The molecule has 1 N–H and O–H groups in total. The van der Waals surface area contributed by atoms with E-state index in [0.717, 1.165) is 24.8 Å². The fourth-order valence-corrected chi connectivity index (χ4v) is 3.13. The molecule has 0 aliphatic carbocycles. The van der Waals surface area contributed by atoms with E-state index in [2.05, 4.69) is 4.90 Å². The van der Waals surface area contributed by atoms with Crippen molar-refractivity contribution in [2.24, 2.45) is 5.92 Å². The molecule has 1 heterocycles. The molecule has 2 unspecified atom stereocenters. The summed E-state index contributed by atoms with van der Waals surface area (Å²) in [6.45, 7) is 1.61. The van der Waals surface area contributed by atoms with Gasteiger partial charge in [-0.05, 0) is 49.1 Å². The minimum absolute atomic E-state index is 0.136. The third kappa shape index (κ3) is 3.93. The second-order valence-electron chi connectivity index (χ2n) is 5.02. The number of hydrogen-bond acceptors (Lipinski definition) is 3. The predicted octanol–water partition coefficient (Wildman–Crippen LogP) is 2.77. The van der Waals surface area contributed by atoms with Gasteiger partial charge in [-0.2, -0.15) is 0 Å². The first-order chi connectivity index (χ1) is 9.12. The third-order valence-corrected chi connectivity index (χ3v) is 4.03. The normalized spacial score (nSPS) is 24.4. The van der Waals surface area contributed by atoms with Gasteiger partial charge in [0.2, 0.25) is 0 Å². The van der Waals surface area contributed by atoms with Crippen LogP contribution in [0.15, 0.2) is 18.2 Å². The van der Waals surface area contributed by atoms with Gasteiger partial charge in [-0.1, -0.05) is 23.2 Å². The highest BCUT2D eigenvalue weighted by Gasteiger charge is 2.27. The zero-order valence-electron chi connectivity index (χ0n) is 10.6. The maximum atomic E-state index is 11.2. The molecule has 1 fully saturated rings. The zero-order valence-corrected chi connectivity index (χ0v) is 12.1. The number of rotatable bonds is 4. The molecule has 5 heteroatoms. The number of carbonyl (C=O) groups is 1. The number of aliphatic hydroxyl groups excluding tert-OH is 1. The fraction of sp³-hybridized carbons (Fsp3) is 0.500. The Labute approximate surface area is 123 Å². The molecule has 0 spiro atoms. The lowest BCUT2D eigenvalue weighted by molar-refractivity contribution is -0.114. The van der Waals surface area contributed by atoms with Crippen molar-refractivity contribution in [1.82, 2.24) is 4.90 Å². The number of hydrogen-bond donors (Lipinski definition) is 1. The number of benzene rings is 1. The zero-order chi connectivity index (χ0) is 13.8. The molecular formula is C14H17Cl2NO2. The highest BCUT2D eigenvalue weighted by Crippen LogP contribution is 2.25. The van der Waals surface area contributed by atoms with Crippen LogP contribution in [-0.4, -0.2) is 35.5 Å². The Hall–Kier alpha value is -0.610. The Morgan fingerprint density at radius 1 is 1.32 bits per heavy atom. The lowest BCUT2D eigenvalue weighted by Crippen LogP contribution is -2.43.